The molecule has 0 spiro atoms. The average molecular weight is 262 g/mol. The van der Waals surface area contributed by atoms with Gasteiger partial charge in [-0.25, -0.2) is 0 Å². The number of hydrogen-bond acceptors (Lipinski definition) is 3. The van der Waals surface area contributed by atoms with Crippen LogP contribution in [0.25, 0.3) is 0 Å². The van der Waals surface area contributed by atoms with Gasteiger partial charge in [0.05, 0.1) is 5.60 Å². The number of hydrogen-bond donors (Lipinski definition) is 3. The average Bonchev–Trinajstić information content (AvgIpc) is 2.37. The first-order chi connectivity index (χ1) is 8.95. The summed E-state index contributed by atoms with van der Waals surface area (Å²) >= 11 is 0. The highest BCUT2D eigenvalue weighted by molar-refractivity contribution is 5.26. The molecule has 1 fully saturated rings. The molecule has 1 saturated carbocycles. The molecule has 0 unspecified atom stereocenters. The maximum Gasteiger partial charge on any atom is 0.0840 e. The molecule has 2 rings (SSSR count). The first kappa shape index (κ1) is 14.5. The lowest BCUT2D eigenvalue weighted by Gasteiger charge is -2.27. The molecule has 0 heterocycles. The van der Waals surface area contributed by atoms with E-state index >= 15 is 0 Å². The lowest BCUT2D eigenvalue weighted by Crippen LogP contribution is -2.37. The largest absolute Gasteiger partial charge is 0.386 e. The van der Waals surface area contributed by atoms with Crippen LogP contribution in [0, 0.1) is 0 Å². The summed E-state index contributed by atoms with van der Waals surface area (Å²) in [4.78, 5) is 0. The third-order valence-corrected chi connectivity index (χ3v) is 4.03. The SMILES string of the molecule is CC(C)(O)c1ccc(CNC2CCC(N)CC2)cc1. The van der Waals surface area contributed by atoms with Crippen LogP contribution >= 0.6 is 0 Å². The topological polar surface area (TPSA) is 58.3 Å². The zero-order valence-electron chi connectivity index (χ0n) is 12.0. The molecule has 106 valence electrons. The minimum absolute atomic E-state index is 0.407. The van der Waals surface area contributed by atoms with Crippen molar-refractivity contribution in [2.45, 2.75) is 63.8 Å². The van der Waals surface area contributed by atoms with E-state index in [4.69, 9.17) is 5.73 Å². The van der Waals surface area contributed by atoms with Crippen LogP contribution < -0.4 is 11.1 Å². The fourth-order valence-corrected chi connectivity index (χ4v) is 2.62. The monoisotopic (exact) mass is 262 g/mol. The van der Waals surface area contributed by atoms with Gasteiger partial charge in [0.1, 0.15) is 0 Å². The predicted molar refractivity (Wildman–Crippen MR) is 78.8 cm³/mol. The van der Waals surface area contributed by atoms with Crippen LogP contribution in [0.4, 0.5) is 0 Å². The minimum atomic E-state index is -0.758. The van der Waals surface area contributed by atoms with Gasteiger partial charge >= 0.3 is 0 Å². The van der Waals surface area contributed by atoms with Crippen LogP contribution in [0.2, 0.25) is 0 Å². The van der Waals surface area contributed by atoms with Crippen molar-refractivity contribution in [3.8, 4) is 0 Å². The maximum atomic E-state index is 9.91. The third-order valence-electron chi connectivity index (χ3n) is 4.03. The summed E-state index contributed by atoms with van der Waals surface area (Å²) in [6.07, 6.45) is 4.64. The third kappa shape index (κ3) is 4.30. The number of benzene rings is 1. The summed E-state index contributed by atoms with van der Waals surface area (Å²) in [7, 11) is 0. The quantitative estimate of drug-likeness (QED) is 0.780. The fraction of sp³-hybridized carbons (Fsp3) is 0.625. The van der Waals surface area contributed by atoms with Crippen molar-refractivity contribution in [1.82, 2.24) is 5.32 Å². The molecular formula is C16H26N2O. The van der Waals surface area contributed by atoms with Crippen LogP contribution in [-0.2, 0) is 12.1 Å². The highest BCUT2D eigenvalue weighted by Gasteiger charge is 2.18. The van der Waals surface area contributed by atoms with E-state index in [0.29, 0.717) is 12.1 Å². The van der Waals surface area contributed by atoms with Gasteiger partial charge in [0.15, 0.2) is 0 Å². The second kappa shape index (κ2) is 6.04. The summed E-state index contributed by atoms with van der Waals surface area (Å²) in [6.45, 7) is 4.52. The number of aliphatic hydroxyl groups is 1. The summed E-state index contributed by atoms with van der Waals surface area (Å²) < 4.78 is 0. The van der Waals surface area contributed by atoms with Gasteiger partial charge in [-0.05, 0) is 50.7 Å². The van der Waals surface area contributed by atoms with E-state index in [2.05, 4.69) is 17.4 Å². The Morgan fingerprint density at radius 1 is 1.16 bits per heavy atom. The fourth-order valence-electron chi connectivity index (χ4n) is 2.62. The van der Waals surface area contributed by atoms with Gasteiger partial charge in [-0.15, -0.1) is 0 Å². The summed E-state index contributed by atoms with van der Waals surface area (Å²) in [5, 5.41) is 13.5. The zero-order valence-corrected chi connectivity index (χ0v) is 12.0. The van der Waals surface area contributed by atoms with Crippen molar-refractivity contribution >= 4 is 0 Å². The molecule has 1 aliphatic carbocycles. The Kier molecular flexibility index (Phi) is 4.61. The van der Waals surface area contributed by atoms with Gasteiger partial charge in [-0.2, -0.15) is 0 Å². The minimum Gasteiger partial charge on any atom is -0.386 e. The van der Waals surface area contributed by atoms with Crippen LogP contribution in [0.1, 0.15) is 50.7 Å². The number of rotatable bonds is 4. The summed E-state index contributed by atoms with van der Waals surface area (Å²) in [5.74, 6) is 0. The molecule has 0 bridgehead atoms. The van der Waals surface area contributed by atoms with Crippen LogP contribution in [0.3, 0.4) is 0 Å². The van der Waals surface area contributed by atoms with Gasteiger partial charge in [-0.3, -0.25) is 0 Å². The molecule has 19 heavy (non-hydrogen) atoms. The molecule has 1 aromatic rings. The summed E-state index contributed by atoms with van der Waals surface area (Å²) in [6, 6.07) is 9.21. The predicted octanol–water partition coefficient (Wildman–Crippen LogP) is 2.27. The van der Waals surface area contributed by atoms with E-state index in [1.54, 1.807) is 0 Å². The van der Waals surface area contributed by atoms with Crippen molar-refractivity contribution in [3.63, 3.8) is 0 Å². The Hall–Kier alpha value is -0.900. The van der Waals surface area contributed by atoms with E-state index in [9.17, 15) is 5.11 Å². The van der Waals surface area contributed by atoms with Gasteiger partial charge in [0.25, 0.3) is 0 Å². The maximum absolute atomic E-state index is 9.91. The Morgan fingerprint density at radius 2 is 1.74 bits per heavy atom. The van der Waals surface area contributed by atoms with Gasteiger partial charge in [0, 0.05) is 18.6 Å². The molecule has 1 aromatic carbocycles. The van der Waals surface area contributed by atoms with E-state index in [0.717, 1.165) is 24.9 Å². The van der Waals surface area contributed by atoms with Crippen LogP contribution in [0.15, 0.2) is 24.3 Å². The molecule has 4 N–H and O–H groups in total. The number of nitrogens with one attached hydrogen (secondary N) is 1. The van der Waals surface area contributed by atoms with Crippen molar-refractivity contribution in [2.75, 3.05) is 0 Å². The Balaban J connectivity index is 1.83. The zero-order chi connectivity index (χ0) is 13.9. The van der Waals surface area contributed by atoms with E-state index in [1.807, 2.05) is 26.0 Å². The van der Waals surface area contributed by atoms with E-state index in [-0.39, 0.29) is 0 Å². The molecule has 1 aliphatic rings. The highest BCUT2D eigenvalue weighted by atomic mass is 16.3. The Morgan fingerprint density at radius 3 is 2.26 bits per heavy atom. The summed E-state index contributed by atoms with van der Waals surface area (Å²) in [5.41, 5.74) is 7.38. The van der Waals surface area contributed by atoms with Crippen molar-refractivity contribution in [3.05, 3.63) is 35.4 Å². The molecule has 3 heteroatoms. The van der Waals surface area contributed by atoms with Crippen molar-refractivity contribution in [2.24, 2.45) is 5.73 Å². The Labute approximate surface area is 116 Å². The second-order valence-corrected chi connectivity index (χ2v) is 6.25. The lowest BCUT2D eigenvalue weighted by molar-refractivity contribution is 0.0786. The van der Waals surface area contributed by atoms with Crippen LogP contribution in [-0.4, -0.2) is 17.2 Å². The number of nitrogens with two attached hydrogens (primary N) is 1. The van der Waals surface area contributed by atoms with Gasteiger partial charge in [0.2, 0.25) is 0 Å². The van der Waals surface area contributed by atoms with E-state index in [1.165, 1.54) is 18.4 Å². The highest BCUT2D eigenvalue weighted by Crippen LogP contribution is 2.20. The molecule has 0 atom stereocenters. The molecule has 0 radical (unpaired) electrons. The van der Waals surface area contributed by atoms with Crippen molar-refractivity contribution < 1.29 is 5.11 Å². The van der Waals surface area contributed by atoms with E-state index < -0.39 is 5.60 Å². The second-order valence-electron chi connectivity index (χ2n) is 6.25. The van der Waals surface area contributed by atoms with Crippen LogP contribution in [0.5, 0.6) is 0 Å². The molecular weight excluding hydrogens is 236 g/mol. The molecule has 3 nitrogen and oxygen atoms in total. The normalized spacial score (nSPS) is 24.4. The molecule has 0 aliphatic heterocycles. The van der Waals surface area contributed by atoms with Gasteiger partial charge in [-0.1, -0.05) is 24.3 Å². The molecule has 0 saturated heterocycles. The first-order valence-corrected chi connectivity index (χ1v) is 7.26. The first-order valence-electron chi connectivity index (χ1n) is 7.26. The van der Waals surface area contributed by atoms with Gasteiger partial charge < -0.3 is 16.2 Å². The molecule has 0 amide bonds. The smallest absolute Gasteiger partial charge is 0.0840 e. The van der Waals surface area contributed by atoms with Crippen molar-refractivity contribution in [1.29, 1.82) is 0 Å². The Bertz CT molecular complexity index is 386. The molecule has 0 aromatic heterocycles. The standard InChI is InChI=1S/C16H26N2O/c1-16(2,19)13-5-3-12(4-6-13)11-18-15-9-7-14(17)8-10-15/h3-6,14-15,18-19H,7-11,17H2,1-2H3. The lowest BCUT2D eigenvalue weighted by atomic mass is 9.91.